The minimum absolute atomic E-state index is 0.0355. The molecule has 4 saturated heterocycles. The first-order valence-corrected chi connectivity index (χ1v) is 43.2. The summed E-state index contributed by atoms with van der Waals surface area (Å²) in [4.78, 5) is 118. The number of methoxy groups -OCH3 is 1. The Morgan fingerprint density at radius 3 is 2.07 bits per heavy atom. The third-order valence-corrected chi connectivity index (χ3v) is 27.7. The summed E-state index contributed by atoms with van der Waals surface area (Å²) < 4.78 is 42.0. The highest BCUT2D eigenvalue weighted by Gasteiger charge is 2.79. The van der Waals surface area contributed by atoms with Gasteiger partial charge in [0.15, 0.2) is 36.2 Å². The van der Waals surface area contributed by atoms with Crippen molar-refractivity contribution >= 4 is 86.2 Å². The van der Waals surface area contributed by atoms with E-state index in [2.05, 4.69) is 69.0 Å². The maximum absolute atomic E-state index is 15.4. The molecule has 10 heterocycles. The average Bonchev–Trinajstić information content (AvgIpc) is 1.49. The van der Waals surface area contributed by atoms with Gasteiger partial charge in [0, 0.05) is 140 Å². The number of carbonyl (C=O) groups is 8. The molecule has 1 saturated carbocycles. The number of Topliss-reactive ketones (excluding diaryl/α,β-unsaturated/α-hetero) is 1. The molecule has 4 amide bonds. The highest BCUT2D eigenvalue weighted by Crippen LogP contribution is 2.68. The number of para-hydroxylation sites is 1. The number of hydrogen-bond donors (Lipinski definition) is 16. The van der Waals surface area contributed by atoms with Gasteiger partial charge in [-0.15, -0.1) is 10.2 Å². The van der Waals surface area contributed by atoms with Crippen LogP contribution in [0.4, 0.5) is 10.5 Å². The molecule has 3 aromatic heterocycles. The summed E-state index contributed by atoms with van der Waals surface area (Å²) in [5.41, 5.74) is 3.03. The zero-order chi connectivity index (χ0) is 86.6. The summed E-state index contributed by atoms with van der Waals surface area (Å²) in [6, 6.07) is 9.22. The number of carbonyl (C=O) groups excluding carboxylic acids is 6. The lowest BCUT2D eigenvalue weighted by Gasteiger charge is -2.63. The van der Waals surface area contributed by atoms with E-state index >= 15 is 4.79 Å². The SMILES string of the molecule is CCCC(=O)N[C@@H](Cc1cn(CCO[C@@H]2OC(C(=O)O)[C@@H](O)[C@H](O)C2O)nn1)C(=O)C[C@@H](Cc1cn(CCO[C@@H]2OC(C(=O)O)[C@@H](O)[C@H](O)C2O)nn1)C(=O)NCCSSCCOC(=O)NNC(=O)[C@@]1(O)[C@H](O)[C@]2(CC)C=CCN3CC[C@@]4(c5cc([C@@]6(COC=O)C[C@@H]7CN(CCc8c6[nH]c6ccccc86)C[C@](O)(CC)C7)c(OC)cc5N(C)[C@@H]14)[C@@H]32. The Hall–Kier alpha value is -8.54. The van der Waals surface area contributed by atoms with Crippen molar-refractivity contribution in [1.82, 2.24) is 66.3 Å². The average molecular weight is 1730 g/mol. The molecule has 40 nitrogen and oxygen atoms in total. The number of ketones is 1. The number of piperidine rings is 1. The van der Waals surface area contributed by atoms with E-state index in [9.17, 15) is 89.7 Å². The number of nitrogens with one attached hydrogen (secondary N) is 5. The molecule has 2 bridgehead atoms. The van der Waals surface area contributed by atoms with Crippen LogP contribution in [-0.2, 0) is 105 Å². The van der Waals surface area contributed by atoms with E-state index in [0.29, 0.717) is 101 Å². The number of likely N-dealkylation sites (N-methyl/N-ethyl adjacent to an activating group) is 1. The number of fused-ring (bicyclic) bond motifs is 6. The molecule has 662 valence electrons. The second-order valence-corrected chi connectivity index (χ2v) is 35.4. The fraction of sp³-hybridized carbons (Fsp3) is 0.646. The molecule has 7 aliphatic heterocycles. The minimum atomic E-state index is -2.64. The van der Waals surface area contributed by atoms with Crippen LogP contribution < -0.4 is 31.1 Å². The maximum Gasteiger partial charge on any atom is 0.426 e. The van der Waals surface area contributed by atoms with Crippen LogP contribution in [0, 0.1) is 17.3 Å². The Morgan fingerprint density at radius 1 is 0.777 bits per heavy atom. The highest BCUT2D eigenvalue weighted by molar-refractivity contribution is 8.76. The van der Waals surface area contributed by atoms with Crippen LogP contribution in [0.2, 0.25) is 0 Å². The third-order valence-electron chi connectivity index (χ3n) is 25.4. The fourth-order valence-corrected chi connectivity index (χ4v) is 21.5. The van der Waals surface area contributed by atoms with Crippen LogP contribution in [0.25, 0.3) is 10.9 Å². The molecule has 13 rings (SSSR count). The Labute approximate surface area is 703 Å². The van der Waals surface area contributed by atoms with Crippen molar-refractivity contribution in [3.05, 3.63) is 94.7 Å². The Balaban J connectivity index is 0.662. The van der Waals surface area contributed by atoms with Crippen molar-refractivity contribution in [2.75, 3.05) is 96.3 Å². The zero-order valence-electron chi connectivity index (χ0n) is 67.7. The summed E-state index contributed by atoms with van der Waals surface area (Å²) in [6.45, 7) is 8.10. The number of amides is 4. The van der Waals surface area contributed by atoms with Gasteiger partial charge in [-0.05, 0) is 80.7 Å². The molecule has 42 heteroatoms. The van der Waals surface area contributed by atoms with E-state index in [-0.39, 0.29) is 94.1 Å². The number of hydrogen-bond acceptors (Lipinski definition) is 33. The van der Waals surface area contributed by atoms with Gasteiger partial charge >= 0.3 is 18.0 Å². The number of benzene rings is 2. The van der Waals surface area contributed by atoms with E-state index in [1.54, 1.807) is 21.1 Å². The van der Waals surface area contributed by atoms with Gasteiger partial charge in [-0.3, -0.25) is 39.2 Å². The Morgan fingerprint density at radius 2 is 1.44 bits per heavy atom. The number of hydrazine groups is 1. The van der Waals surface area contributed by atoms with Crippen LogP contribution in [-0.4, -0.2) is 337 Å². The number of aromatic nitrogens is 7. The van der Waals surface area contributed by atoms with E-state index in [1.807, 2.05) is 55.2 Å². The van der Waals surface area contributed by atoms with E-state index in [0.717, 1.165) is 27.7 Å². The highest BCUT2D eigenvalue weighted by atomic mass is 33.1. The largest absolute Gasteiger partial charge is 0.496 e. The van der Waals surface area contributed by atoms with Gasteiger partial charge in [0.2, 0.25) is 11.8 Å². The van der Waals surface area contributed by atoms with Crippen molar-refractivity contribution in [3.63, 3.8) is 0 Å². The molecule has 0 radical (unpaired) electrons. The van der Waals surface area contributed by atoms with Gasteiger partial charge in [-0.25, -0.2) is 29.2 Å². The van der Waals surface area contributed by atoms with Crippen molar-refractivity contribution in [2.24, 2.45) is 17.3 Å². The van der Waals surface area contributed by atoms with E-state index in [4.69, 9.17) is 33.2 Å². The van der Waals surface area contributed by atoms with Gasteiger partial charge in [-0.1, -0.05) is 83.1 Å². The van der Waals surface area contributed by atoms with Crippen molar-refractivity contribution in [3.8, 4) is 5.75 Å². The molecular weight excluding hydrogens is 1630 g/mol. The molecule has 5 unspecified atom stereocenters. The van der Waals surface area contributed by atoms with E-state index < -0.39 is 167 Å². The summed E-state index contributed by atoms with van der Waals surface area (Å²) in [7, 11) is 5.93. The van der Waals surface area contributed by atoms with Gasteiger partial charge < -0.3 is 110 Å². The summed E-state index contributed by atoms with van der Waals surface area (Å²) >= 11 is 0. The molecule has 1 aliphatic carbocycles. The van der Waals surface area contributed by atoms with Crippen LogP contribution in [0.15, 0.2) is 60.9 Å². The van der Waals surface area contributed by atoms with Gasteiger partial charge in [-0.2, -0.15) is 0 Å². The smallest absolute Gasteiger partial charge is 0.426 e. The Kier molecular flexibility index (Phi) is 28.2. The third kappa shape index (κ3) is 17.9. The summed E-state index contributed by atoms with van der Waals surface area (Å²) in [6.07, 6.45) is -12.1. The molecular formula is C79H108N14O26S2. The molecule has 8 aliphatic rings. The second-order valence-electron chi connectivity index (χ2n) is 32.7. The number of aliphatic hydroxyl groups excluding tert-OH is 7. The predicted molar refractivity (Wildman–Crippen MR) is 427 cm³/mol. The fourth-order valence-electron chi connectivity index (χ4n) is 19.8. The number of ether oxygens (including phenoxy) is 7. The van der Waals surface area contributed by atoms with Crippen LogP contribution in [0.1, 0.15) is 106 Å². The number of carboxylic acids is 2. The number of aliphatic carboxylic acids is 2. The number of rotatable bonds is 36. The molecule has 16 N–H and O–H groups in total. The lowest BCUT2D eigenvalue weighted by Crippen LogP contribution is -2.82. The maximum atomic E-state index is 15.4. The lowest BCUT2D eigenvalue weighted by atomic mass is 9.47. The van der Waals surface area contributed by atoms with Crippen molar-refractivity contribution < 1.29 is 128 Å². The first kappa shape index (κ1) is 90.2. The molecule has 121 heavy (non-hydrogen) atoms. The number of aromatic amines is 1. The molecule has 2 aromatic carbocycles. The first-order valence-electron chi connectivity index (χ1n) is 40.7. The first-order chi connectivity index (χ1) is 57.9. The summed E-state index contributed by atoms with van der Waals surface area (Å²) in [5.74, 6) is -6.29. The van der Waals surface area contributed by atoms with Crippen molar-refractivity contribution in [1.29, 1.82) is 0 Å². The standard InChI is InChI=1S/C79H108N14O26S2/c1-6-12-55(96)81-51(31-45-38-93(88-84-45)23-25-116-69-61(102)57(98)59(100)63(119-69)67(106)107)53(95)30-43(29-44-37-92(87-83-44)22-24-115-68-60(101)56(97)58(99)62(118-68)66(104)105)65(103)80-18-27-120-121-28-26-117-74(110)86-85-73(109)79(112)71-78(17-21-91-19-11-16-76(8-3,70(78)91)72(79)108)48-32-49(54(113-5)33-52(48)89(71)4)77(40-114-41-94)35-42-34-75(111,7-2)39-90(36-42)20-15-47-46-13-9-10-14-50(46)82-64(47)77/h9-11,13-14,16,32-33,37-38,41-43,51,56-63,68-72,82,97-102,108,111-112H,6-8,12,15,17-31,34-36,39-40H2,1-5H3,(H,80,103)(H,81,96)(H,85,109)(H,86,110)(H,104,105)(H,106,107)/t42-,43-,51+,56+,57+,58+,59+,60?,61?,62?,63?,68-,69-,70+,71-,72-,75+,76-,77+,78-,79+/m1/s1. The number of anilines is 1. The topological polar surface area (TPSA) is 559 Å². The molecule has 5 aromatic rings. The van der Waals surface area contributed by atoms with Crippen LogP contribution >= 0.6 is 21.6 Å². The number of H-pyrrole nitrogens is 1. The molecule has 5 fully saturated rings. The van der Waals surface area contributed by atoms with Crippen LogP contribution in [0.3, 0.4) is 0 Å². The van der Waals surface area contributed by atoms with Crippen molar-refractivity contribution in [2.45, 2.75) is 212 Å². The number of carboxylic acid groups (broad SMARTS) is 2. The monoisotopic (exact) mass is 1730 g/mol. The normalized spacial score (nSPS) is 32.1. The molecule has 22 atom stereocenters. The van der Waals surface area contributed by atoms with Crippen LogP contribution in [0.5, 0.6) is 5.75 Å². The number of nitrogens with zero attached hydrogens (tertiary/aromatic N) is 9. The zero-order valence-corrected chi connectivity index (χ0v) is 69.3. The van der Waals surface area contributed by atoms with Gasteiger partial charge in [0.05, 0.1) is 73.8 Å². The predicted octanol–water partition coefficient (Wildman–Crippen LogP) is -2.15. The lowest BCUT2D eigenvalue weighted by molar-refractivity contribution is -0.294. The van der Waals surface area contributed by atoms with Gasteiger partial charge in [0.25, 0.3) is 12.4 Å². The van der Waals surface area contributed by atoms with E-state index in [1.165, 1.54) is 43.3 Å². The number of aliphatic hydroxyl groups is 9. The summed E-state index contributed by atoms with van der Waals surface area (Å²) in [5, 5.41) is 143. The quantitative estimate of drug-likeness (QED) is 0.00668. The second kappa shape index (κ2) is 37.9. The molecule has 1 spiro atoms. The van der Waals surface area contributed by atoms with Gasteiger partial charge in [0.1, 0.15) is 61.7 Å². The minimum Gasteiger partial charge on any atom is -0.496 e. The Bertz CT molecular complexity index is 4600.